The monoisotopic (exact) mass is 492 g/mol. The van der Waals surface area contributed by atoms with Gasteiger partial charge in [0.25, 0.3) is 0 Å². The molecular formula is C26H35F3N4O2. The van der Waals surface area contributed by atoms with Crippen molar-refractivity contribution in [3.05, 3.63) is 34.9 Å². The second-order valence-corrected chi connectivity index (χ2v) is 11.1. The van der Waals surface area contributed by atoms with Gasteiger partial charge in [0.05, 0.1) is 11.6 Å². The zero-order valence-corrected chi connectivity index (χ0v) is 21.0. The standard InChI is InChI=1S/C26H35F3N4O2/c1-18-16-32(25(17-30)9-11-31(12-10-25)23(34)35-24(2,3)4)13-14-33(18)22-8-6-19-5-7-20(15-21(19)22)26(27,28)29/h5,7,15,18,22H,6,8-14,16H2,1-4H3/t18-,22?/m0/s1. The van der Waals surface area contributed by atoms with Crippen molar-refractivity contribution in [1.82, 2.24) is 14.7 Å². The number of alkyl halides is 3. The van der Waals surface area contributed by atoms with E-state index in [-0.39, 0.29) is 18.2 Å². The van der Waals surface area contributed by atoms with Crippen LogP contribution < -0.4 is 0 Å². The zero-order chi connectivity index (χ0) is 25.6. The summed E-state index contributed by atoms with van der Waals surface area (Å²) in [5.74, 6) is 0. The number of hydrogen-bond donors (Lipinski definition) is 0. The van der Waals surface area contributed by atoms with Gasteiger partial charge in [0.15, 0.2) is 0 Å². The first-order valence-corrected chi connectivity index (χ1v) is 12.4. The van der Waals surface area contributed by atoms with E-state index >= 15 is 0 Å². The van der Waals surface area contributed by atoms with Gasteiger partial charge in [-0.15, -0.1) is 0 Å². The first kappa shape index (κ1) is 25.8. The number of carbonyl (C=O) groups excluding carboxylic acids is 1. The van der Waals surface area contributed by atoms with Crippen LogP contribution in [0.4, 0.5) is 18.0 Å². The highest BCUT2D eigenvalue weighted by molar-refractivity contribution is 5.68. The van der Waals surface area contributed by atoms with Gasteiger partial charge in [-0.05, 0) is 76.6 Å². The van der Waals surface area contributed by atoms with Crippen molar-refractivity contribution >= 4 is 6.09 Å². The maximum Gasteiger partial charge on any atom is 0.416 e. The van der Waals surface area contributed by atoms with E-state index in [4.69, 9.17) is 4.74 Å². The van der Waals surface area contributed by atoms with Crippen LogP contribution in [0.15, 0.2) is 18.2 Å². The molecule has 6 nitrogen and oxygen atoms in total. The summed E-state index contributed by atoms with van der Waals surface area (Å²) in [6.07, 6.45) is -1.99. The molecule has 1 aromatic rings. The van der Waals surface area contributed by atoms with Crippen molar-refractivity contribution in [1.29, 1.82) is 5.26 Å². The molecule has 3 aliphatic rings. The molecule has 0 saturated carbocycles. The Morgan fingerprint density at radius 2 is 1.83 bits per heavy atom. The van der Waals surface area contributed by atoms with Crippen LogP contribution in [0.2, 0.25) is 0 Å². The lowest BCUT2D eigenvalue weighted by Gasteiger charge is -2.50. The van der Waals surface area contributed by atoms with Crippen LogP contribution in [0.25, 0.3) is 0 Å². The van der Waals surface area contributed by atoms with Crippen molar-refractivity contribution in [2.45, 2.75) is 82.8 Å². The summed E-state index contributed by atoms with van der Waals surface area (Å²) in [4.78, 5) is 18.7. The lowest BCUT2D eigenvalue weighted by atomic mass is 9.85. The third kappa shape index (κ3) is 5.29. The Kier molecular flexibility index (Phi) is 6.84. The Bertz CT molecular complexity index is 990. The molecule has 0 spiro atoms. The summed E-state index contributed by atoms with van der Waals surface area (Å²) in [6, 6.07) is 6.75. The number of rotatable bonds is 2. The smallest absolute Gasteiger partial charge is 0.416 e. The Hall–Kier alpha value is -2.31. The molecular weight excluding hydrogens is 457 g/mol. The molecule has 35 heavy (non-hydrogen) atoms. The predicted molar refractivity (Wildman–Crippen MR) is 126 cm³/mol. The summed E-state index contributed by atoms with van der Waals surface area (Å²) in [7, 11) is 0. The summed E-state index contributed by atoms with van der Waals surface area (Å²) < 4.78 is 45.4. The minimum atomic E-state index is -4.35. The lowest BCUT2D eigenvalue weighted by Crippen LogP contribution is -2.63. The number of nitriles is 1. The van der Waals surface area contributed by atoms with Crippen molar-refractivity contribution in [3.8, 4) is 6.07 Å². The van der Waals surface area contributed by atoms with Gasteiger partial charge >= 0.3 is 12.3 Å². The number of nitrogens with zero attached hydrogens (tertiary/aromatic N) is 4. The van der Waals surface area contributed by atoms with Crippen LogP contribution in [0.3, 0.4) is 0 Å². The molecule has 2 aliphatic heterocycles. The van der Waals surface area contributed by atoms with E-state index in [1.807, 2.05) is 20.8 Å². The van der Waals surface area contributed by atoms with Gasteiger partial charge in [-0.1, -0.05) is 6.07 Å². The van der Waals surface area contributed by atoms with Crippen molar-refractivity contribution in [3.63, 3.8) is 0 Å². The second-order valence-electron chi connectivity index (χ2n) is 11.1. The Balaban J connectivity index is 1.42. The number of amides is 1. The zero-order valence-electron chi connectivity index (χ0n) is 21.0. The van der Waals surface area contributed by atoms with Crippen LogP contribution in [0, 0.1) is 11.3 Å². The lowest BCUT2D eigenvalue weighted by molar-refractivity contribution is -0.137. The van der Waals surface area contributed by atoms with E-state index < -0.39 is 22.9 Å². The number of ether oxygens (including phenoxy) is 1. The maximum atomic E-state index is 13.3. The van der Waals surface area contributed by atoms with Gasteiger partial charge < -0.3 is 9.64 Å². The van der Waals surface area contributed by atoms with Gasteiger partial charge in [-0.2, -0.15) is 18.4 Å². The fourth-order valence-corrected chi connectivity index (χ4v) is 5.81. The summed E-state index contributed by atoms with van der Waals surface area (Å²) in [5.41, 5.74) is -0.00145. The van der Waals surface area contributed by atoms with E-state index in [2.05, 4.69) is 22.8 Å². The van der Waals surface area contributed by atoms with E-state index in [1.54, 1.807) is 11.0 Å². The highest BCUT2D eigenvalue weighted by Crippen LogP contribution is 2.42. The average Bonchev–Trinajstić information content (AvgIpc) is 3.20. The molecule has 1 unspecified atom stereocenters. The number of piperidine rings is 1. The van der Waals surface area contributed by atoms with Crippen LogP contribution in [-0.4, -0.2) is 70.7 Å². The Morgan fingerprint density at radius 1 is 1.14 bits per heavy atom. The van der Waals surface area contributed by atoms with Gasteiger partial charge in [0, 0.05) is 44.8 Å². The van der Waals surface area contributed by atoms with E-state index in [9.17, 15) is 23.2 Å². The molecule has 0 bridgehead atoms. The highest BCUT2D eigenvalue weighted by Gasteiger charge is 2.45. The largest absolute Gasteiger partial charge is 0.444 e. The molecule has 2 saturated heterocycles. The molecule has 0 N–H and O–H groups in total. The number of fused-ring (bicyclic) bond motifs is 1. The van der Waals surface area contributed by atoms with Crippen molar-refractivity contribution in [2.24, 2.45) is 0 Å². The maximum absolute atomic E-state index is 13.3. The highest BCUT2D eigenvalue weighted by atomic mass is 19.4. The molecule has 1 aliphatic carbocycles. The topological polar surface area (TPSA) is 59.8 Å². The van der Waals surface area contributed by atoms with Crippen molar-refractivity contribution < 1.29 is 22.7 Å². The minimum Gasteiger partial charge on any atom is -0.444 e. The fraction of sp³-hybridized carbons (Fsp3) is 0.692. The third-order valence-electron chi connectivity index (χ3n) is 7.65. The predicted octanol–water partition coefficient (Wildman–Crippen LogP) is 4.99. The number of carbonyl (C=O) groups is 1. The number of likely N-dealkylation sites (tertiary alicyclic amines) is 1. The molecule has 192 valence electrons. The number of hydrogen-bond acceptors (Lipinski definition) is 5. The van der Waals surface area contributed by atoms with Gasteiger partial charge in [0.2, 0.25) is 0 Å². The molecule has 0 radical (unpaired) electrons. The molecule has 1 amide bonds. The average molecular weight is 493 g/mol. The third-order valence-corrected chi connectivity index (χ3v) is 7.65. The quantitative estimate of drug-likeness (QED) is 0.582. The number of halogens is 3. The van der Waals surface area contributed by atoms with E-state index in [1.165, 1.54) is 12.1 Å². The molecule has 0 aromatic heterocycles. The molecule has 1 aromatic carbocycles. The van der Waals surface area contributed by atoms with Crippen molar-refractivity contribution in [2.75, 3.05) is 32.7 Å². The summed E-state index contributed by atoms with van der Waals surface area (Å²) in [6.45, 7) is 10.6. The second kappa shape index (κ2) is 9.29. The molecule has 2 atom stereocenters. The van der Waals surface area contributed by atoms with Gasteiger partial charge in [-0.25, -0.2) is 4.79 Å². The molecule has 2 heterocycles. The number of aryl methyl sites for hydroxylation is 1. The number of benzene rings is 1. The molecule has 4 rings (SSSR count). The summed E-state index contributed by atoms with van der Waals surface area (Å²) in [5, 5.41) is 10.2. The van der Waals surface area contributed by atoms with Gasteiger partial charge in [-0.3, -0.25) is 9.80 Å². The molecule has 9 heteroatoms. The van der Waals surface area contributed by atoms with E-state index in [0.29, 0.717) is 45.6 Å². The minimum absolute atomic E-state index is 0.0310. The first-order valence-electron chi connectivity index (χ1n) is 12.4. The van der Waals surface area contributed by atoms with E-state index in [0.717, 1.165) is 24.0 Å². The normalized spacial score (nSPS) is 25.7. The SMILES string of the molecule is C[C@H]1CN(C2(C#N)CCN(C(=O)OC(C)(C)C)CC2)CCN1C1CCc2ccc(C(F)(F)F)cc21. The van der Waals surface area contributed by atoms with Crippen LogP contribution in [-0.2, 0) is 17.3 Å². The van der Waals surface area contributed by atoms with Gasteiger partial charge in [0.1, 0.15) is 11.1 Å². The Morgan fingerprint density at radius 3 is 2.40 bits per heavy atom. The van der Waals surface area contributed by atoms with Crippen LogP contribution >= 0.6 is 0 Å². The Labute approximate surface area is 205 Å². The van der Waals surface area contributed by atoms with Crippen LogP contribution in [0.1, 0.15) is 69.7 Å². The fourth-order valence-electron chi connectivity index (χ4n) is 5.81. The summed E-state index contributed by atoms with van der Waals surface area (Å²) >= 11 is 0. The number of piperazine rings is 1. The molecule has 2 fully saturated rings. The van der Waals surface area contributed by atoms with Crippen LogP contribution in [0.5, 0.6) is 0 Å². The first-order chi connectivity index (χ1) is 16.3.